The Morgan fingerprint density at radius 3 is 2.76 bits per heavy atom. The molecule has 0 fully saturated rings. The van der Waals surface area contributed by atoms with Gasteiger partial charge in [0.2, 0.25) is 5.91 Å². The van der Waals surface area contributed by atoms with Crippen molar-refractivity contribution in [2.45, 2.75) is 19.8 Å². The van der Waals surface area contributed by atoms with E-state index in [0.717, 1.165) is 5.56 Å². The zero-order valence-corrected chi connectivity index (χ0v) is 9.62. The molecule has 1 amide bonds. The Labute approximate surface area is 99.5 Å². The summed E-state index contributed by atoms with van der Waals surface area (Å²) in [6.07, 6.45) is 1.11. The zero-order valence-electron chi connectivity index (χ0n) is 9.62. The first-order chi connectivity index (χ1) is 8.04. The van der Waals surface area contributed by atoms with Crippen molar-refractivity contribution in [1.82, 2.24) is 0 Å². The highest BCUT2D eigenvalue weighted by Gasteiger charge is 2.05. The minimum absolute atomic E-state index is 0.00747. The fraction of sp³-hybridized carbons (Fsp3) is 0.250. The summed E-state index contributed by atoms with van der Waals surface area (Å²) in [5, 5.41) is 9.99. The molecule has 0 spiro atoms. The number of aryl methyl sites for hydroxylation is 1. The second-order valence-electron chi connectivity index (χ2n) is 3.70. The van der Waals surface area contributed by atoms with Crippen LogP contribution in [0, 0.1) is 12.3 Å². The van der Waals surface area contributed by atoms with Gasteiger partial charge in [-0.25, -0.2) is 0 Å². The van der Waals surface area contributed by atoms with Crippen LogP contribution in [0.2, 0.25) is 0 Å². The van der Waals surface area contributed by atoms with Gasteiger partial charge >= 0.3 is 0 Å². The van der Waals surface area contributed by atoms with Crippen LogP contribution >= 0.6 is 0 Å². The van der Waals surface area contributed by atoms with E-state index in [9.17, 15) is 9.59 Å². The number of nitrogens with two attached hydrogens (primary N) is 1. The Morgan fingerprint density at radius 1 is 1.53 bits per heavy atom. The molecule has 0 heterocycles. The zero-order chi connectivity index (χ0) is 12.8. The summed E-state index contributed by atoms with van der Waals surface area (Å²) in [6, 6.07) is 5.10. The first kappa shape index (κ1) is 12.9. The fourth-order valence-electron chi connectivity index (χ4n) is 1.37. The number of aldehydes is 1. The maximum atomic E-state index is 11.4. The third-order valence-corrected chi connectivity index (χ3v) is 2.30. The molecule has 90 valence electrons. The Kier molecular flexibility index (Phi) is 4.39. The van der Waals surface area contributed by atoms with E-state index in [0.29, 0.717) is 17.5 Å². The molecule has 0 saturated heterocycles. The lowest BCUT2D eigenvalue weighted by Crippen LogP contribution is -2.14. The molecule has 1 rings (SSSR count). The van der Waals surface area contributed by atoms with E-state index in [-0.39, 0.29) is 24.6 Å². The van der Waals surface area contributed by atoms with Gasteiger partial charge in [-0.2, -0.15) is 0 Å². The van der Waals surface area contributed by atoms with Crippen LogP contribution in [-0.4, -0.2) is 18.0 Å². The number of nitrogen functional groups attached to an aromatic ring is 1. The largest absolute Gasteiger partial charge is 0.384 e. The summed E-state index contributed by atoms with van der Waals surface area (Å²) in [7, 11) is 0. The van der Waals surface area contributed by atoms with E-state index >= 15 is 0 Å². The van der Waals surface area contributed by atoms with Crippen molar-refractivity contribution in [3.05, 3.63) is 29.3 Å². The first-order valence-corrected chi connectivity index (χ1v) is 5.23. The smallest absolute Gasteiger partial charge is 0.224 e. The predicted molar refractivity (Wildman–Crippen MR) is 66.1 cm³/mol. The van der Waals surface area contributed by atoms with E-state index in [1.54, 1.807) is 18.2 Å². The second-order valence-corrected chi connectivity index (χ2v) is 3.70. The number of benzene rings is 1. The molecule has 0 unspecified atom stereocenters. The lowest BCUT2D eigenvalue weighted by molar-refractivity contribution is -0.118. The molecule has 1 aromatic rings. The van der Waals surface area contributed by atoms with Crippen molar-refractivity contribution in [3.8, 4) is 0 Å². The summed E-state index contributed by atoms with van der Waals surface area (Å²) in [5.74, 6) is -0.206. The third-order valence-electron chi connectivity index (χ3n) is 2.30. The number of rotatable bonds is 5. The van der Waals surface area contributed by atoms with E-state index in [1.807, 2.05) is 6.92 Å². The molecule has 0 aromatic heterocycles. The average Bonchev–Trinajstić information content (AvgIpc) is 2.28. The SMILES string of the molecule is Cc1cc(C(=N)N)ccc1NC(=O)CCC=O. The molecule has 0 aliphatic heterocycles. The van der Waals surface area contributed by atoms with Crippen LogP contribution in [-0.2, 0) is 9.59 Å². The fourth-order valence-corrected chi connectivity index (χ4v) is 1.37. The average molecular weight is 233 g/mol. The minimum Gasteiger partial charge on any atom is -0.384 e. The lowest BCUT2D eigenvalue weighted by atomic mass is 10.1. The van der Waals surface area contributed by atoms with E-state index in [4.69, 9.17) is 11.1 Å². The highest BCUT2D eigenvalue weighted by atomic mass is 16.1. The van der Waals surface area contributed by atoms with Crippen molar-refractivity contribution >= 4 is 23.7 Å². The van der Waals surface area contributed by atoms with E-state index in [1.165, 1.54) is 0 Å². The Balaban J connectivity index is 2.75. The molecule has 0 saturated carbocycles. The summed E-state index contributed by atoms with van der Waals surface area (Å²) in [6.45, 7) is 1.82. The molecule has 0 aliphatic rings. The molecule has 4 N–H and O–H groups in total. The van der Waals surface area contributed by atoms with Crippen LogP contribution in [0.15, 0.2) is 18.2 Å². The van der Waals surface area contributed by atoms with Crippen molar-refractivity contribution < 1.29 is 9.59 Å². The van der Waals surface area contributed by atoms with Crippen LogP contribution < -0.4 is 11.1 Å². The standard InChI is InChI=1S/C12H15N3O2/c1-8-7-9(12(13)14)4-5-10(8)15-11(17)3-2-6-16/h4-7H,2-3H2,1H3,(H3,13,14)(H,15,17). The van der Waals surface area contributed by atoms with Gasteiger partial charge in [0, 0.05) is 24.1 Å². The summed E-state index contributed by atoms with van der Waals surface area (Å²) in [5.41, 5.74) is 7.48. The molecule has 17 heavy (non-hydrogen) atoms. The molecule has 0 bridgehead atoms. The maximum Gasteiger partial charge on any atom is 0.224 e. The Bertz CT molecular complexity index is 455. The van der Waals surface area contributed by atoms with Crippen molar-refractivity contribution in [2.24, 2.45) is 5.73 Å². The van der Waals surface area contributed by atoms with Gasteiger partial charge in [-0.15, -0.1) is 0 Å². The van der Waals surface area contributed by atoms with Crippen LogP contribution in [0.25, 0.3) is 0 Å². The van der Waals surface area contributed by atoms with Crippen LogP contribution in [0.4, 0.5) is 5.69 Å². The van der Waals surface area contributed by atoms with Gasteiger partial charge in [0.05, 0.1) is 0 Å². The Hall–Kier alpha value is -2.17. The number of amidine groups is 1. The quantitative estimate of drug-likeness (QED) is 0.405. The number of hydrogen-bond donors (Lipinski definition) is 3. The van der Waals surface area contributed by atoms with Crippen molar-refractivity contribution in [1.29, 1.82) is 5.41 Å². The van der Waals surface area contributed by atoms with Crippen LogP contribution in [0.1, 0.15) is 24.0 Å². The number of hydrogen-bond acceptors (Lipinski definition) is 3. The highest BCUT2D eigenvalue weighted by molar-refractivity contribution is 5.97. The number of anilines is 1. The molecular weight excluding hydrogens is 218 g/mol. The molecular formula is C12H15N3O2. The van der Waals surface area contributed by atoms with Gasteiger partial charge in [-0.1, -0.05) is 0 Å². The maximum absolute atomic E-state index is 11.4. The van der Waals surface area contributed by atoms with Crippen molar-refractivity contribution in [3.63, 3.8) is 0 Å². The number of amides is 1. The van der Waals surface area contributed by atoms with Crippen LogP contribution in [0.3, 0.4) is 0 Å². The highest BCUT2D eigenvalue weighted by Crippen LogP contribution is 2.16. The van der Waals surface area contributed by atoms with Gasteiger partial charge < -0.3 is 15.8 Å². The van der Waals surface area contributed by atoms with Gasteiger partial charge in [0.25, 0.3) is 0 Å². The third kappa shape index (κ3) is 3.71. The number of carbonyl (C=O) groups is 2. The molecule has 5 nitrogen and oxygen atoms in total. The van der Waals surface area contributed by atoms with Gasteiger partial charge in [0.15, 0.2) is 0 Å². The predicted octanol–water partition coefficient (Wildman–Crippen LogP) is 1.20. The molecule has 5 heteroatoms. The summed E-state index contributed by atoms with van der Waals surface area (Å²) >= 11 is 0. The van der Waals surface area contributed by atoms with Gasteiger partial charge in [-0.05, 0) is 30.7 Å². The number of carbonyl (C=O) groups excluding carboxylic acids is 2. The summed E-state index contributed by atoms with van der Waals surface area (Å²) in [4.78, 5) is 21.5. The Morgan fingerprint density at radius 2 is 2.24 bits per heavy atom. The normalized spacial score (nSPS) is 9.71. The van der Waals surface area contributed by atoms with Gasteiger partial charge in [0.1, 0.15) is 12.1 Å². The molecule has 0 atom stereocenters. The lowest BCUT2D eigenvalue weighted by Gasteiger charge is -2.09. The second kappa shape index (κ2) is 5.79. The minimum atomic E-state index is -0.198. The van der Waals surface area contributed by atoms with Crippen molar-refractivity contribution in [2.75, 3.05) is 5.32 Å². The molecule has 0 radical (unpaired) electrons. The van der Waals surface area contributed by atoms with Crippen LogP contribution in [0.5, 0.6) is 0 Å². The monoisotopic (exact) mass is 233 g/mol. The molecule has 1 aromatic carbocycles. The van der Waals surface area contributed by atoms with E-state index < -0.39 is 0 Å². The molecule has 0 aliphatic carbocycles. The first-order valence-electron chi connectivity index (χ1n) is 5.23. The summed E-state index contributed by atoms with van der Waals surface area (Å²) < 4.78 is 0. The van der Waals surface area contributed by atoms with E-state index in [2.05, 4.69) is 5.32 Å². The number of nitrogens with one attached hydrogen (secondary N) is 2. The van der Waals surface area contributed by atoms with Gasteiger partial charge in [-0.3, -0.25) is 10.2 Å². The topological polar surface area (TPSA) is 96.0 Å².